The first-order valence-electron chi connectivity index (χ1n) is 10.6. The number of hydrogen-bond acceptors (Lipinski definition) is 3. The van der Waals surface area contributed by atoms with Gasteiger partial charge in [-0.2, -0.15) is 0 Å². The second kappa shape index (κ2) is 9.34. The Morgan fingerprint density at radius 1 is 1.19 bits per heavy atom. The highest BCUT2D eigenvalue weighted by Crippen LogP contribution is 2.41. The quantitative estimate of drug-likeness (QED) is 0.793. The molecule has 146 valence electrons. The molecule has 1 N–H and O–H groups in total. The summed E-state index contributed by atoms with van der Waals surface area (Å²) < 4.78 is 6.11. The summed E-state index contributed by atoms with van der Waals surface area (Å²) in [5.74, 6) is 0.604. The monoisotopic (exact) mass is 358 g/mol. The second-order valence-corrected chi connectivity index (χ2v) is 9.05. The molecule has 0 unspecified atom stereocenters. The average molecular weight is 359 g/mol. The van der Waals surface area contributed by atoms with Crippen LogP contribution in [-0.4, -0.2) is 50.3 Å². The van der Waals surface area contributed by atoms with Crippen molar-refractivity contribution in [3.63, 3.8) is 0 Å². The molecule has 2 fully saturated rings. The van der Waals surface area contributed by atoms with Crippen LogP contribution in [0.1, 0.15) is 51.5 Å². The zero-order valence-electron chi connectivity index (χ0n) is 17.0. The summed E-state index contributed by atoms with van der Waals surface area (Å²) in [6.07, 6.45) is 7.85. The van der Waals surface area contributed by atoms with E-state index >= 15 is 0 Å². The number of piperidine rings is 1. The van der Waals surface area contributed by atoms with Crippen LogP contribution in [0.25, 0.3) is 0 Å². The van der Waals surface area contributed by atoms with Gasteiger partial charge in [0.15, 0.2) is 0 Å². The van der Waals surface area contributed by atoms with Crippen molar-refractivity contribution in [2.45, 2.75) is 64.5 Å². The van der Waals surface area contributed by atoms with Crippen LogP contribution in [0.15, 0.2) is 30.3 Å². The first-order valence-corrected chi connectivity index (χ1v) is 10.6. The number of rotatable bonds is 7. The van der Waals surface area contributed by atoms with Gasteiger partial charge in [0.05, 0.1) is 6.10 Å². The lowest BCUT2D eigenvalue weighted by molar-refractivity contribution is -0.0722. The van der Waals surface area contributed by atoms with E-state index < -0.39 is 0 Å². The van der Waals surface area contributed by atoms with Crippen molar-refractivity contribution >= 4 is 0 Å². The third-order valence-corrected chi connectivity index (χ3v) is 6.57. The van der Waals surface area contributed by atoms with E-state index in [1.54, 1.807) is 0 Å². The van der Waals surface area contributed by atoms with Crippen LogP contribution in [0.3, 0.4) is 0 Å². The summed E-state index contributed by atoms with van der Waals surface area (Å²) in [7, 11) is 2.24. The molecule has 2 heterocycles. The summed E-state index contributed by atoms with van der Waals surface area (Å²) in [5.41, 5.74) is 1.86. The Hall–Kier alpha value is -0.900. The minimum atomic E-state index is 0.382. The number of benzene rings is 1. The number of hydrogen-bond donors (Lipinski definition) is 1. The van der Waals surface area contributed by atoms with E-state index in [1.807, 2.05) is 0 Å². The van der Waals surface area contributed by atoms with Crippen molar-refractivity contribution in [1.82, 2.24) is 10.2 Å². The van der Waals surface area contributed by atoms with Crippen LogP contribution in [0.2, 0.25) is 0 Å². The molecule has 3 rings (SSSR count). The van der Waals surface area contributed by atoms with E-state index in [0.717, 1.165) is 13.2 Å². The fourth-order valence-corrected chi connectivity index (χ4v) is 4.70. The number of ether oxygens (including phenoxy) is 1. The molecule has 0 bridgehead atoms. The summed E-state index contributed by atoms with van der Waals surface area (Å²) >= 11 is 0. The molecule has 2 aliphatic heterocycles. The molecule has 1 aromatic rings. The Balaban J connectivity index is 1.61. The molecular formula is C23H38N2O. The molecule has 0 spiro atoms. The Kier molecular flexibility index (Phi) is 7.13. The summed E-state index contributed by atoms with van der Waals surface area (Å²) in [6.45, 7) is 9.14. The number of likely N-dealkylation sites (tertiary alicyclic amines) is 1. The number of nitrogens with one attached hydrogen (secondary N) is 1. The van der Waals surface area contributed by atoms with Crippen LogP contribution in [-0.2, 0) is 11.2 Å². The van der Waals surface area contributed by atoms with Crippen LogP contribution >= 0.6 is 0 Å². The maximum atomic E-state index is 6.11. The van der Waals surface area contributed by atoms with Gasteiger partial charge in [0.1, 0.15) is 0 Å². The van der Waals surface area contributed by atoms with Gasteiger partial charge in [0.2, 0.25) is 0 Å². The third-order valence-electron chi connectivity index (χ3n) is 6.57. The molecule has 0 amide bonds. The van der Waals surface area contributed by atoms with Crippen molar-refractivity contribution in [3.05, 3.63) is 35.9 Å². The fourth-order valence-electron chi connectivity index (χ4n) is 4.70. The first kappa shape index (κ1) is 19.9. The zero-order chi connectivity index (χ0) is 18.4. The average Bonchev–Trinajstić information content (AvgIpc) is 2.64. The van der Waals surface area contributed by atoms with E-state index in [4.69, 9.17) is 4.74 Å². The smallest absolute Gasteiger partial charge is 0.0603 e. The molecule has 0 aliphatic carbocycles. The predicted octanol–water partition coefficient (Wildman–Crippen LogP) is 4.12. The van der Waals surface area contributed by atoms with Crippen LogP contribution in [0.4, 0.5) is 0 Å². The van der Waals surface area contributed by atoms with Crippen molar-refractivity contribution in [1.29, 1.82) is 0 Å². The third kappa shape index (κ3) is 5.55. The van der Waals surface area contributed by atoms with Crippen LogP contribution < -0.4 is 5.32 Å². The van der Waals surface area contributed by atoms with Crippen molar-refractivity contribution in [2.24, 2.45) is 11.3 Å². The van der Waals surface area contributed by atoms with Gasteiger partial charge in [-0.15, -0.1) is 0 Å². The zero-order valence-corrected chi connectivity index (χ0v) is 17.0. The van der Waals surface area contributed by atoms with Gasteiger partial charge in [-0.3, -0.25) is 0 Å². The summed E-state index contributed by atoms with van der Waals surface area (Å²) in [5, 5.41) is 3.88. The van der Waals surface area contributed by atoms with Crippen LogP contribution in [0.5, 0.6) is 0 Å². The predicted molar refractivity (Wildman–Crippen MR) is 110 cm³/mol. The highest BCUT2D eigenvalue weighted by atomic mass is 16.5. The van der Waals surface area contributed by atoms with Gasteiger partial charge in [-0.1, -0.05) is 44.2 Å². The van der Waals surface area contributed by atoms with Gasteiger partial charge in [-0.25, -0.2) is 0 Å². The van der Waals surface area contributed by atoms with Gasteiger partial charge in [-0.05, 0) is 82.1 Å². The van der Waals surface area contributed by atoms with Gasteiger partial charge >= 0.3 is 0 Å². The molecular weight excluding hydrogens is 320 g/mol. The molecule has 2 aliphatic rings. The summed E-state index contributed by atoms with van der Waals surface area (Å²) in [4.78, 5) is 2.45. The number of nitrogens with zero attached hydrogens (tertiary/aromatic N) is 1. The molecule has 26 heavy (non-hydrogen) atoms. The van der Waals surface area contributed by atoms with Gasteiger partial charge in [0, 0.05) is 12.6 Å². The maximum absolute atomic E-state index is 6.11. The Labute approximate surface area is 160 Å². The first-order chi connectivity index (χ1) is 12.6. The molecule has 0 aromatic heterocycles. The second-order valence-electron chi connectivity index (χ2n) is 9.05. The van der Waals surface area contributed by atoms with E-state index in [-0.39, 0.29) is 0 Å². The lowest BCUT2D eigenvalue weighted by atomic mass is 9.69. The normalized spacial score (nSPS) is 28.5. The Morgan fingerprint density at radius 2 is 1.92 bits per heavy atom. The van der Waals surface area contributed by atoms with Gasteiger partial charge < -0.3 is 15.0 Å². The van der Waals surface area contributed by atoms with E-state index in [1.165, 1.54) is 57.2 Å². The molecule has 2 atom stereocenters. The lowest BCUT2D eigenvalue weighted by Crippen LogP contribution is -2.44. The minimum Gasteiger partial charge on any atom is -0.378 e. The van der Waals surface area contributed by atoms with Crippen molar-refractivity contribution in [3.8, 4) is 0 Å². The van der Waals surface area contributed by atoms with Gasteiger partial charge in [0.25, 0.3) is 0 Å². The highest BCUT2D eigenvalue weighted by molar-refractivity contribution is 5.17. The van der Waals surface area contributed by atoms with E-state index in [2.05, 4.69) is 61.4 Å². The minimum absolute atomic E-state index is 0.382. The van der Waals surface area contributed by atoms with Crippen molar-refractivity contribution < 1.29 is 4.74 Å². The van der Waals surface area contributed by atoms with E-state index in [9.17, 15) is 0 Å². The molecule has 0 radical (unpaired) electrons. The van der Waals surface area contributed by atoms with Crippen molar-refractivity contribution in [2.75, 3.05) is 33.3 Å². The highest BCUT2D eigenvalue weighted by Gasteiger charge is 2.37. The lowest BCUT2D eigenvalue weighted by Gasteiger charge is -2.43. The Morgan fingerprint density at radius 3 is 2.62 bits per heavy atom. The van der Waals surface area contributed by atoms with Crippen LogP contribution in [0, 0.1) is 11.3 Å². The molecule has 3 heteroatoms. The fraction of sp³-hybridized carbons (Fsp3) is 0.739. The maximum Gasteiger partial charge on any atom is 0.0603 e. The largest absolute Gasteiger partial charge is 0.378 e. The standard InChI is InChI=1S/C23H38N2O/c1-19(2)22-18-23(12-16-26-22,17-20-7-5-4-6-8-20)11-13-24-21-9-14-25(3)15-10-21/h4-8,19,21-22,24H,9-18H2,1-3H3/t22-,23+/m1/s1. The summed E-state index contributed by atoms with van der Waals surface area (Å²) in [6, 6.07) is 11.8. The molecule has 2 saturated heterocycles. The SMILES string of the molecule is CC(C)[C@H]1C[C@](CCNC2CCN(C)CC2)(Cc2ccccc2)CCO1. The molecule has 3 nitrogen and oxygen atoms in total. The molecule has 1 aromatic carbocycles. The van der Waals surface area contributed by atoms with E-state index in [0.29, 0.717) is 23.5 Å². The Bertz CT molecular complexity index is 524. The molecule has 0 saturated carbocycles. The topological polar surface area (TPSA) is 24.5 Å².